The van der Waals surface area contributed by atoms with E-state index in [0.717, 1.165) is 82.8 Å². The van der Waals surface area contributed by atoms with Gasteiger partial charge in [0.25, 0.3) is 0 Å². The van der Waals surface area contributed by atoms with Crippen LogP contribution >= 0.6 is 0 Å². The predicted molar refractivity (Wildman–Crippen MR) is 224 cm³/mol. The van der Waals surface area contributed by atoms with Crippen molar-refractivity contribution < 1.29 is 0 Å². The standard InChI is InChI=1S/C50H29N5/c51-30-32-21-25-49-42(27-32)40-14-4-8-18-46(40)54(49)35-23-26-50-43(29-35)41-15-5-10-20-48(41)55(50)47-19-9-1-11-37(47)36-24-22-34(28-33(36)31-52)53-44-16-6-2-12-38(44)39-13-3-7-17-45(39)53/h1-29H. The minimum Gasteiger partial charge on any atom is -0.309 e. The molecule has 0 bridgehead atoms. The highest BCUT2D eigenvalue weighted by molar-refractivity contribution is 6.13. The van der Waals surface area contributed by atoms with Gasteiger partial charge < -0.3 is 13.7 Å². The molecule has 0 radical (unpaired) electrons. The number of hydrogen-bond acceptors (Lipinski definition) is 2. The van der Waals surface area contributed by atoms with Gasteiger partial charge in [-0.15, -0.1) is 0 Å². The summed E-state index contributed by atoms with van der Waals surface area (Å²) in [5.74, 6) is 0. The average molecular weight is 700 g/mol. The Balaban J connectivity index is 1.11. The van der Waals surface area contributed by atoms with Crippen LogP contribution in [-0.2, 0) is 0 Å². The van der Waals surface area contributed by atoms with Crippen molar-refractivity contribution in [1.82, 2.24) is 13.7 Å². The van der Waals surface area contributed by atoms with E-state index in [0.29, 0.717) is 11.1 Å². The maximum atomic E-state index is 10.7. The highest BCUT2D eigenvalue weighted by Crippen LogP contribution is 2.40. The first-order valence-electron chi connectivity index (χ1n) is 18.3. The van der Waals surface area contributed by atoms with E-state index in [1.54, 1.807) is 0 Å². The van der Waals surface area contributed by atoms with E-state index in [9.17, 15) is 10.5 Å². The Morgan fingerprint density at radius 2 is 0.782 bits per heavy atom. The summed E-state index contributed by atoms with van der Waals surface area (Å²) in [7, 11) is 0. The minimum absolute atomic E-state index is 0.612. The summed E-state index contributed by atoms with van der Waals surface area (Å²) in [5.41, 5.74) is 12.7. The van der Waals surface area contributed by atoms with Crippen molar-refractivity contribution in [2.75, 3.05) is 0 Å². The molecular weight excluding hydrogens is 671 g/mol. The number of nitriles is 2. The maximum absolute atomic E-state index is 10.7. The number of rotatable bonds is 4. The van der Waals surface area contributed by atoms with Crippen molar-refractivity contribution in [1.29, 1.82) is 10.5 Å². The van der Waals surface area contributed by atoms with Crippen LogP contribution in [0.25, 0.3) is 93.6 Å². The molecule has 0 saturated heterocycles. The van der Waals surface area contributed by atoms with Gasteiger partial charge in [0.15, 0.2) is 0 Å². The Labute approximate surface area is 316 Å². The van der Waals surface area contributed by atoms with Crippen LogP contribution in [-0.4, -0.2) is 13.7 Å². The molecule has 11 aromatic rings. The summed E-state index contributed by atoms with van der Waals surface area (Å²) >= 11 is 0. The van der Waals surface area contributed by atoms with E-state index in [1.807, 2.05) is 24.3 Å². The van der Waals surface area contributed by atoms with Crippen LogP contribution < -0.4 is 0 Å². The molecule has 0 spiro atoms. The lowest BCUT2D eigenvalue weighted by molar-refractivity contribution is 1.16. The number of hydrogen-bond donors (Lipinski definition) is 0. The lowest BCUT2D eigenvalue weighted by atomic mass is 9.97. The third-order valence-electron chi connectivity index (χ3n) is 11.1. The van der Waals surface area contributed by atoms with Gasteiger partial charge in [0, 0.05) is 54.8 Å². The number of fused-ring (bicyclic) bond motifs is 9. The zero-order chi connectivity index (χ0) is 36.6. The van der Waals surface area contributed by atoms with Gasteiger partial charge in [-0.2, -0.15) is 10.5 Å². The molecule has 0 fully saturated rings. The summed E-state index contributed by atoms with van der Waals surface area (Å²) in [6, 6.07) is 65.9. The van der Waals surface area contributed by atoms with Crippen LogP contribution in [0.1, 0.15) is 11.1 Å². The molecule has 0 saturated carbocycles. The summed E-state index contributed by atoms with van der Waals surface area (Å²) in [6.07, 6.45) is 0. The topological polar surface area (TPSA) is 62.4 Å². The molecule has 0 aliphatic carbocycles. The van der Waals surface area contributed by atoms with E-state index in [1.165, 1.54) is 10.8 Å². The molecule has 0 N–H and O–H groups in total. The van der Waals surface area contributed by atoms with Gasteiger partial charge in [-0.1, -0.05) is 97.1 Å². The van der Waals surface area contributed by atoms with Crippen LogP contribution in [0, 0.1) is 22.7 Å². The first-order chi connectivity index (χ1) is 27.2. The van der Waals surface area contributed by atoms with Gasteiger partial charge in [0.1, 0.15) is 0 Å². The van der Waals surface area contributed by atoms with Crippen molar-refractivity contribution in [3.05, 3.63) is 187 Å². The minimum atomic E-state index is 0.612. The molecule has 5 nitrogen and oxygen atoms in total. The second kappa shape index (κ2) is 11.8. The van der Waals surface area contributed by atoms with Crippen LogP contribution in [0.5, 0.6) is 0 Å². The van der Waals surface area contributed by atoms with E-state index in [2.05, 4.69) is 177 Å². The molecule has 55 heavy (non-hydrogen) atoms. The number of aromatic nitrogens is 3. The zero-order valence-corrected chi connectivity index (χ0v) is 29.5. The Hall–Kier alpha value is -7.86. The molecule has 3 heterocycles. The van der Waals surface area contributed by atoms with Crippen molar-refractivity contribution in [3.63, 3.8) is 0 Å². The van der Waals surface area contributed by atoms with Crippen LogP contribution in [0.2, 0.25) is 0 Å². The first kappa shape index (κ1) is 30.7. The average Bonchev–Trinajstić information content (AvgIpc) is 3.88. The van der Waals surface area contributed by atoms with Gasteiger partial charge in [0.05, 0.1) is 62.1 Å². The smallest absolute Gasteiger partial charge is 0.0998 e. The van der Waals surface area contributed by atoms with Gasteiger partial charge in [-0.25, -0.2) is 0 Å². The Bertz CT molecular complexity index is 3420. The summed E-state index contributed by atoms with van der Waals surface area (Å²) in [6.45, 7) is 0. The molecule has 0 unspecified atom stereocenters. The van der Waals surface area contributed by atoms with E-state index in [4.69, 9.17) is 0 Å². The van der Waals surface area contributed by atoms with Crippen LogP contribution in [0.4, 0.5) is 0 Å². The Kier molecular flexibility index (Phi) is 6.61. The summed E-state index contributed by atoms with van der Waals surface area (Å²) < 4.78 is 6.88. The molecule has 0 atom stereocenters. The largest absolute Gasteiger partial charge is 0.309 e. The lowest BCUT2D eigenvalue weighted by Gasteiger charge is -2.16. The van der Waals surface area contributed by atoms with Crippen LogP contribution in [0.3, 0.4) is 0 Å². The van der Waals surface area contributed by atoms with Crippen molar-refractivity contribution in [2.24, 2.45) is 0 Å². The maximum Gasteiger partial charge on any atom is 0.0998 e. The summed E-state index contributed by atoms with van der Waals surface area (Å²) in [5, 5.41) is 27.2. The molecule has 0 aliphatic rings. The molecule has 0 aliphatic heterocycles. The molecule has 254 valence electrons. The molecule has 5 heteroatoms. The van der Waals surface area contributed by atoms with E-state index in [-0.39, 0.29) is 0 Å². The molecule has 11 rings (SSSR count). The Morgan fingerprint density at radius 1 is 0.327 bits per heavy atom. The number of nitrogens with zero attached hydrogens (tertiary/aromatic N) is 5. The molecular formula is C50H29N5. The third-order valence-corrected chi connectivity index (χ3v) is 11.1. The second-order valence-electron chi connectivity index (χ2n) is 14.0. The van der Waals surface area contributed by atoms with E-state index < -0.39 is 0 Å². The lowest BCUT2D eigenvalue weighted by Crippen LogP contribution is -2.00. The fourth-order valence-electron chi connectivity index (χ4n) is 8.78. The highest BCUT2D eigenvalue weighted by atomic mass is 15.0. The van der Waals surface area contributed by atoms with Gasteiger partial charge in [-0.3, -0.25) is 0 Å². The zero-order valence-electron chi connectivity index (χ0n) is 29.5. The highest BCUT2D eigenvalue weighted by Gasteiger charge is 2.20. The molecule has 3 aromatic heterocycles. The Morgan fingerprint density at radius 3 is 1.40 bits per heavy atom. The van der Waals surface area contributed by atoms with Crippen LogP contribution in [0.15, 0.2) is 176 Å². The monoisotopic (exact) mass is 699 g/mol. The van der Waals surface area contributed by atoms with E-state index >= 15 is 0 Å². The summed E-state index contributed by atoms with van der Waals surface area (Å²) in [4.78, 5) is 0. The van der Waals surface area contributed by atoms with Crippen molar-refractivity contribution in [2.45, 2.75) is 0 Å². The van der Waals surface area contributed by atoms with Gasteiger partial charge >= 0.3 is 0 Å². The number of benzene rings is 8. The predicted octanol–water partition coefficient (Wildman–Crippen LogP) is 12.4. The van der Waals surface area contributed by atoms with Crippen molar-refractivity contribution >= 4 is 65.4 Å². The number of para-hydroxylation sites is 5. The molecule has 8 aromatic carbocycles. The van der Waals surface area contributed by atoms with Gasteiger partial charge in [-0.05, 0) is 78.9 Å². The third kappa shape index (κ3) is 4.45. The second-order valence-corrected chi connectivity index (χ2v) is 14.0. The quantitative estimate of drug-likeness (QED) is 0.184. The SMILES string of the molecule is N#Cc1ccc2c(c1)c1ccccc1n2-c1ccc2c(c1)c1ccccc1n2-c1ccccc1-c1ccc(-n2c3ccccc3c3ccccc32)cc1C#N. The first-order valence-corrected chi connectivity index (χ1v) is 18.3. The molecule has 0 amide bonds. The van der Waals surface area contributed by atoms with Crippen molar-refractivity contribution in [3.8, 4) is 40.3 Å². The van der Waals surface area contributed by atoms with Gasteiger partial charge in [0.2, 0.25) is 0 Å². The fourth-order valence-corrected chi connectivity index (χ4v) is 8.78. The fraction of sp³-hybridized carbons (Fsp3) is 0. The normalized spacial score (nSPS) is 11.6.